The van der Waals surface area contributed by atoms with Gasteiger partial charge in [-0.2, -0.15) is 0 Å². The molecule has 0 saturated heterocycles. The molecule has 0 heteroatoms. The van der Waals surface area contributed by atoms with Gasteiger partial charge in [0, 0.05) is 0 Å². The molecule has 0 aromatic carbocycles. The van der Waals surface area contributed by atoms with Crippen molar-refractivity contribution >= 4 is 0 Å². The van der Waals surface area contributed by atoms with Crippen LogP contribution in [0.2, 0.25) is 0 Å². The van der Waals surface area contributed by atoms with Gasteiger partial charge in [0.1, 0.15) is 0 Å². The third-order valence-electron chi connectivity index (χ3n) is 4.06. The molecular weight excluding hydrogens is 192 g/mol. The minimum Gasteiger partial charge on any atom is -0.0654 e. The van der Waals surface area contributed by atoms with E-state index in [1.54, 1.807) is 0 Å². The number of unbranched alkanes of at least 4 members (excludes halogenated alkanes) is 1. The molecule has 16 heavy (non-hydrogen) atoms. The Morgan fingerprint density at radius 3 is 1.88 bits per heavy atom. The predicted molar refractivity (Wildman–Crippen MR) is 75.7 cm³/mol. The fraction of sp³-hybridized carbons (Fsp3) is 1.00. The van der Waals surface area contributed by atoms with E-state index < -0.39 is 0 Å². The molecule has 0 rings (SSSR count). The van der Waals surface area contributed by atoms with Crippen LogP contribution in [0.3, 0.4) is 0 Å². The lowest BCUT2D eigenvalue weighted by Crippen LogP contribution is -2.20. The third-order valence-corrected chi connectivity index (χ3v) is 4.06. The molecule has 0 saturated carbocycles. The molecule has 0 radical (unpaired) electrons. The van der Waals surface area contributed by atoms with Crippen LogP contribution in [0.25, 0.3) is 0 Å². The molecule has 3 unspecified atom stereocenters. The molecular formula is C16H34. The zero-order valence-electron chi connectivity index (χ0n) is 12.6. The highest BCUT2D eigenvalue weighted by Gasteiger charge is 2.22. The van der Waals surface area contributed by atoms with E-state index in [0.717, 1.165) is 23.7 Å². The summed E-state index contributed by atoms with van der Waals surface area (Å²) in [6.45, 7) is 14.3. The largest absolute Gasteiger partial charge is 0.0654 e. The van der Waals surface area contributed by atoms with E-state index in [9.17, 15) is 0 Å². The number of hydrogen-bond acceptors (Lipinski definition) is 0. The molecule has 0 aliphatic carbocycles. The van der Waals surface area contributed by atoms with Gasteiger partial charge in [0.2, 0.25) is 0 Å². The Bertz CT molecular complexity index is 148. The molecule has 3 atom stereocenters. The molecule has 0 aromatic rings. The van der Waals surface area contributed by atoms with Gasteiger partial charge >= 0.3 is 0 Å². The van der Waals surface area contributed by atoms with Crippen LogP contribution in [0.15, 0.2) is 0 Å². The van der Waals surface area contributed by atoms with Crippen molar-refractivity contribution in [3.05, 3.63) is 0 Å². The van der Waals surface area contributed by atoms with Crippen LogP contribution in [0.5, 0.6) is 0 Å². The normalized spacial score (nSPS) is 17.4. The Labute approximate surface area is 104 Å². The van der Waals surface area contributed by atoms with Crippen LogP contribution in [0, 0.1) is 23.7 Å². The highest BCUT2D eigenvalue weighted by atomic mass is 14.3. The first-order chi connectivity index (χ1) is 7.52. The van der Waals surface area contributed by atoms with Crippen molar-refractivity contribution in [2.24, 2.45) is 23.7 Å². The zero-order valence-corrected chi connectivity index (χ0v) is 12.6. The van der Waals surface area contributed by atoms with Gasteiger partial charge in [0.25, 0.3) is 0 Å². The Hall–Kier alpha value is 0. The summed E-state index contributed by atoms with van der Waals surface area (Å²) < 4.78 is 0. The molecule has 0 fully saturated rings. The van der Waals surface area contributed by atoms with E-state index in [1.165, 1.54) is 38.5 Å². The lowest BCUT2D eigenvalue weighted by molar-refractivity contribution is 0.206. The summed E-state index contributed by atoms with van der Waals surface area (Å²) in [7, 11) is 0. The molecule has 0 heterocycles. The molecule has 0 amide bonds. The van der Waals surface area contributed by atoms with Crippen LogP contribution in [0.4, 0.5) is 0 Å². The second-order valence-corrected chi connectivity index (χ2v) is 6.16. The van der Waals surface area contributed by atoms with Crippen molar-refractivity contribution in [2.75, 3.05) is 0 Å². The maximum atomic E-state index is 2.46. The van der Waals surface area contributed by atoms with Crippen LogP contribution in [-0.2, 0) is 0 Å². The first-order valence-corrected chi connectivity index (χ1v) is 7.52. The summed E-state index contributed by atoms with van der Waals surface area (Å²) in [6, 6.07) is 0. The third kappa shape index (κ3) is 6.55. The smallest absolute Gasteiger partial charge is 0.0363 e. The highest BCUT2D eigenvalue weighted by molar-refractivity contribution is 4.72. The average Bonchev–Trinajstić information content (AvgIpc) is 2.22. The fourth-order valence-electron chi connectivity index (χ4n) is 2.97. The summed E-state index contributed by atoms with van der Waals surface area (Å²) >= 11 is 0. The molecule has 0 N–H and O–H groups in total. The lowest BCUT2D eigenvalue weighted by Gasteiger charge is -2.30. The maximum Gasteiger partial charge on any atom is -0.0363 e. The summed E-state index contributed by atoms with van der Waals surface area (Å²) in [6.07, 6.45) is 8.38. The van der Waals surface area contributed by atoms with Crippen molar-refractivity contribution in [3.8, 4) is 0 Å². The first kappa shape index (κ1) is 16.0. The minimum absolute atomic E-state index is 0.852. The standard InChI is InChI=1S/C16H34/c1-7-9-11-14(5)12-16(13(3)4)15(6)10-8-2/h13-16H,7-12H2,1-6H3. The number of rotatable bonds is 9. The minimum atomic E-state index is 0.852. The summed E-state index contributed by atoms with van der Waals surface area (Å²) in [5, 5.41) is 0. The molecule has 0 nitrogen and oxygen atoms in total. The van der Waals surface area contributed by atoms with Gasteiger partial charge in [-0.15, -0.1) is 0 Å². The molecule has 0 aromatic heterocycles. The average molecular weight is 226 g/mol. The fourth-order valence-corrected chi connectivity index (χ4v) is 2.97. The summed E-state index contributed by atoms with van der Waals surface area (Å²) in [5.41, 5.74) is 0. The second-order valence-electron chi connectivity index (χ2n) is 6.16. The van der Waals surface area contributed by atoms with Crippen LogP contribution in [0.1, 0.15) is 80.1 Å². The lowest BCUT2D eigenvalue weighted by atomic mass is 9.76. The number of hydrogen-bond donors (Lipinski definition) is 0. The van der Waals surface area contributed by atoms with Crippen molar-refractivity contribution in [1.29, 1.82) is 0 Å². The Balaban J connectivity index is 4.11. The molecule has 0 spiro atoms. The summed E-state index contributed by atoms with van der Waals surface area (Å²) in [5.74, 6) is 3.62. The zero-order chi connectivity index (χ0) is 12.6. The van der Waals surface area contributed by atoms with Crippen LogP contribution in [-0.4, -0.2) is 0 Å². The molecule has 0 aliphatic heterocycles. The molecule has 0 bridgehead atoms. The van der Waals surface area contributed by atoms with E-state index >= 15 is 0 Å². The van der Waals surface area contributed by atoms with Gasteiger partial charge < -0.3 is 0 Å². The van der Waals surface area contributed by atoms with Crippen molar-refractivity contribution in [1.82, 2.24) is 0 Å². The van der Waals surface area contributed by atoms with E-state index in [4.69, 9.17) is 0 Å². The van der Waals surface area contributed by atoms with Gasteiger partial charge in [-0.05, 0) is 30.1 Å². The highest BCUT2D eigenvalue weighted by Crippen LogP contribution is 2.32. The summed E-state index contributed by atoms with van der Waals surface area (Å²) in [4.78, 5) is 0. The van der Waals surface area contributed by atoms with E-state index in [2.05, 4.69) is 41.5 Å². The SMILES string of the molecule is CCCCC(C)CC(C(C)C)C(C)CCC. The van der Waals surface area contributed by atoms with Gasteiger partial charge in [-0.3, -0.25) is 0 Å². The predicted octanol–water partition coefficient (Wildman–Crippen LogP) is 5.91. The van der Waals surface area contributed by atoms with Crippen LogP contribution < -0.4 is 0 Å². The first-order valence-electron chi connectivity index (χ1n) is 7.52. The van der Waals surface area contributed by atoms with E-state index in [-0.39, 0.29) is 0 Å². The Morgan fingerprint density at radius 1 is 0.812 bits per heavy atom. The van der Waals surface area contributed by atoms with E-state index in [0.29, 0.717) is 0 Å². The molecule has 0 aliphatic rings. The van der Waals surface area contributed by atoms with Gasteiger partial charge in [0.05, 0.1) is 0 Å². The van der Waals surface area contributed by atoms with Crippen molar-refractivity contribution in [2.45, 2.75) is 80.1 Å². The topological polar surface area (TPSA) is 0 Å². The second kappa shape index (κ2) is 9.07. The molecule has 98 valence electrons. The van der Waals surface area contributed by atoms with Crippen molar-refractivity contribution < 1.29 is 0 Å². The van der Waals surface area contributed by atoms with E-state index in [1.807, 2.05) is 0 Å². The Kier molecular flexibility index (Phi) is 9.07. The maximum absolute atomic E-state index is 2.46. The quantitative estimate of drug-likeness (QED) is 0.458. The van der Waals surface area contributed by atoms with Crippen LogP contribution >= 0.6 is 0 Å². The van der Waals surface area contributed by atoms with Gasteiger partial charge in [-0.25, -0.2) is 0 Å². The van der Waals surface area contributed by atoms with Crippen molar-refractivity contribution in [3.63, 3.8) is 0 Å². The Morgan fingerprint density at radius 2 is 1.44 bits per heavy atom. The van der Waals surface area contributed by atoms with Gasteiger partial charge in [0.15, 0.2) is 0 Å². The van der Waals surface area contributed by atoms with Gasteiger partial charge in [-0.1, -0.05) is 73.6 Å². The monoisotopic (exact) mass is 226 g/mol.